The van der Waals surface area contributed by atoms with E-state index in [1.54, 1.807) is 18.2 Å². The van der Waals surface area contributed by atoms with Crippen LogP contribution in [-0.2, 0) is 6.54 Å². The monoisotopic (exact) mass is 354 g/mol. The molecule has 2 rings (SSSR count). The first-order valence-electron chi connectivity index (χ1n) is 6.75. The van der Waals surface area contributed by atoms with Crippen molar-refractivity contribution in [2.75, 3.05) is 19.5 Å². The molecule has 0 atom stereocenters. The van der Waals surface area contributed by atoms with E-state index < -0.39 is 6.03 Å². The molecule has 0 bridgehead atoms. The van der Waals surface area contributed by atoms with E-state index in [0.29, 0.717) is 33.8 Å². The maximum absolute atomic E-state index is 12.1. The highest BCUT2D eigenvalue weighted by atomic mass is 35.5. The third-order valence-electron chi connectivity index (χ3n) is 3.12. The molecule has 0 radical (unpaired) electrons. The van der Waals surface area contributed by atoms with Gasteiger partial charge in [0, 0.05) is 23.7 Å². The summed E-state index contributed by atoms with van der Waals surface area (Å²) in [6.45, 7) is 0.304. The summed E-state index contributed by atoms with van der Waals surface area (Å²) < 4.78 is 10.3. The molecule has 0 aliphatic rings. The Balaban J connectivity index is 2.06. The van der Waals surface area contributed by atoms with Crippen LogP contribution < -0.4 is 20.1 Å². The van der Waals surface area contributed by atoms with Crippen LogP contribution in [0.4, 0.5) is 10.5 Å². The lowest BCUT2D eigenvalue weighted by molar-refractivity contribution is 0.251. The number of ether oxygens (including phenoxy) is 2. The van der Waals surface area contributed by atoms with Gasteiger partial charge < -0.3 is 20.1 Å². The average molecular weight is 355 g/mol. The molecule has 0 aromatic heterocycles. The molecule has 7 heteroatoms. The van der Waals surface area contributed by atoms with Crippen LogP contribution in [0, 0.1) is 0 Å². The molecule has 23 heavy (non-hydrogen) atoms. The van der Waals surface area contributed by atoms with Crippen LogP contribution in [0.2, 0.25) is 10.0 Å². The normalized spacial score (nSPS) is 10.1. The predicted octanol–water partition coefficient (Wildman–Crippen LogP) is 4.33. The van der Waals surface area contributed by atoms with Gasteiger partial charge >= 0.3 is 6.03 Å². The highest BCUT2D eigenvalue weighted by molar-refractivity contribution is 6.32. The summed E-state index contributed by atoms with van der Waals surface area (Å²) in [5, 5.41) is 6.41. The van der Waals surface area contributed by atoms with E-state index >= 15 is 0 Å². The highest BCUT2D eigenvalue weighted by Gasteiger charge is 2.12. The van der Waals surface area contributed by atoms with Crippen LogP contribution in [0.5, 0.6) is 11.5 Å². The summed E-state index contributed by atoms with van der Waals surface area (Å²) in [4.78, 5) is 12.1. The van der Waals surface area contributed by atoms with E-state index in [9.17, 15) is 4.79 Å². The third kappa shape index (κ3) is 4.43. The Bertz CT molecular complexity index is 708. The SMILES string of the molecule is COc1cc(NC(=O)NCc2ccccc2Cl)c(OC)cc1Cl. The molecule has 2 aromatic carbocycles. The minimum Gasteiger partial charge on any atom is -0.495 e. The summed E-state index contributed by atoms with van der Waals surface area (Å²) in [5.74, 6) is 0.873. The summed E-state index contributed by atoms with van der Waals surface area (Å²) in [7, 11) is 2.99. The molecular formula is C16H16Cl2N2O3. The van der Waals surface area contributed by atoms with Gasteiger partial charge in [-0.3, -0.25) is 0 Å². The number of halogens is 2. The Hall–Kier alpha value is -2.11. The van der Waals surface area contributed by atoms with Gasteiger partial charge in [-0.15, -0.1) is 0 Å². The van der Waals surface area contributed by atoms with Crippen LogP contribution in [0.1, 0.15) is 5.56 Å². The lowest BCUT2D eigenvalue weighted by Crippen LogP contribution is -2.28. The van der Waals surface area contributed by atoms with E-state index in [0.717, 1.165) is 5.56 Å². The first-order valence-corrected chi connectivity index (χ1v) is 7.50. The standard InChI is InChI=1S/C16H16Cl2N2O3/c1-22-14-8-13(15(23-2)7-12(14)18)20-16(21)19-9-10-5-3-4-6-11(10)17/h3-8H,9H2,1-2H3,(H2,19,20,21). The van der Waals surface area contributed by atoms with Crippen LogP contribution in [0.3, 0.4) is 0 Å². The number of urea groups is 1. The van der Waals surface area contributed by atoms with Crippen molar-refractivity contribution in [3.8, 4) is 11.5 Å². The van der Waals surface area contributed by atoms with E-state index in [-0.39, 0.29) is 0 Å². The Morgan fingerprint density at radius 1 is 1.04 bits per heavy atom. The van der Waals surface area contributed by atoms with Gasteiger partial charge in [0.2, 0.25) is 0 Å². The molecule has 0 saturated carbocycles. The Labute approximate surface area is 144 Å². The molecule has 0 unspecified atom stereocenters. The van der Waals surface area contributed by atoms with Crippen molar-refractivity contribution in [2.24, 2.45) is 0 Å². The number of hydrogen-bond donors (Lipinski definition) is 2. The van der Waals surface area contributed by atoms with Crippen molar-refractivity contribution in [3.63, 3.8) is 0 Å². The molecule has 0 aliphatic carbocycles. The number of rotatable bonds is 5. The Morgan fingerprint density at radius 3 is 2.39 bits per heavy atom. The zero-order valence-electron chi connectivity index (χ0n) is 12.7. The number of hydrogen-bond acceptors (Lipinski definition) is 3. The smallest absolute Gasteiger partial charge is 0.319 e. The maximum atomic E-state index is 12.1. The van der Waals surface area contributed by atoms with Crippen molar-refractivity contribution in [3.05, 3.63) is 52.0 Å². The predicted molar refractivity (Wildman–Crippen MR) is 91.9 cm³/mol. The van der Waals surface area contributed by atoms with Crippen LogP contribution in [0.25, 0.3) is 0 Å². The van der Waals surface area contributed by atoms with Gasteiger partial charge in [-0.25, -0.2) is 4.79 Å². The van der Waals surface area contributed by atoms with Crippen molar-refractivity contribution in [1.29, 1.82) is 0 Å². The first-order chi connectivity index (χ1) is 11.0. The zero-order chi connectivity index (χ0) is 16.8. The summed E-state index contributed by atoms with van der Waals surface area (Å²) in [6, 6.07) is 10.1. The van der Waals surface area contributed by atoms with Gasteiger partial charge in [0.25, 0.3) is 0 Å². The zero-order valence-corrected chi connectivity index (χ0v) is 14.2. The molecule has 0 heterocycles. The van der Waals surface area contributed by atoms with E-state index in [2.05, 4.69) is 10.6 Å². The number of carbonyl (C=O) groups is 1. The number of methoxy groups -OCH3 is 2. The molecule has 2 aromatic rings. The second kappa shape index (κ2) is 7.94. The van der Waals surface area contributed by atoms with Crippen molar-refractivity contribution >= 4 is 34.9 Å². The Morgan fingerprint density at radius 2 is 1.74 bits per heavy atom. The van der Waals surface area contributed by atoms with Crippen LogP contribution in [0.15, 0.2) is 36.4 Å². The van der Waals surface area contributed by atoms with E-state index in [4.69, 9.17) is 32.7 Å². The first kappa shape index (κ1) is 17.2. The summed E-state index contributed by atoms with van der Waals surface area (Å²) in [5.41, 5.74) is 1.27. The van der Waals surface area contributed by atoms with Gasteiger partial charge in [0.15, 0.2) is 0 Å². The van der Waals surface area contributed by atoms with Crippen molar-refractivity contribution in [2.45, 2.75) is 6.54 Å². The fraction of sp³-hybridized carbons (Fsp3) is 0.188. The van der Waals surface area contributed by atoms with Gasteiger partial charge in [0.05, 0.1) is 24.9 Å². The molecule has 0 aliphatic heterocycles. The molecule has 122 valence electrons. The molecule has 5 nitrogen and oxygen atoms in total. The molecule has 2 N–H and O–H groups in total. The van der Waals surface area contributed by atoms with Crippen LogP contribution in [-0.4, -0.2) is 20.3 Å². The molecular weight excluding hydrogens is 339 g/mol. The number of anilines is 1. The molecule has 0 spiro atoms. The number of amides is 2. The second-order valence-electron chi connectivity index (χ2n) is 4.59. The van der Waals surface area contributed by atoms with Crippen LogP contribution >= 0.6 is 23.2 Å². The van der Waals surface area contributed by atoms with Gasteiger partial charge in [-0.05, 0) is 11.6 Å². The topological polar surface area (TPSA) is 59.6 Å². The largest absolute Gasteiger partial charge is 0.495 e. The van der Waals surface area contributed by atoms with Gasteiger partial charge in [-0.2, -0.15) is 0 Å². The highest BCUT2D eigenvalue weighted by Crippen LogP contribution is 2.35. The lowest BCUT2D eigenvalue weighted by atomic mass is 10.2. The Kier molecular flexibility index (Phi) is 5.96. The minimum atomic E-state index is -0.396. The van der Waals surface area contributed by atoms with Gasteiger partial charge in [0.1, 0.15) is 11.5 Å². The van der Waals surface area contributed by atoms with E-state index in [1.165, 1.54) is 14.2 Å². The fourth-order valence-electron chi connectivity index (χ4n) is 1.94. The third-order valence-corrected chi connectivity index (χ3v) is 3.78. The number of benzene rings is 2. The minimum absolute atomic E-state index is 0.304. The molecule has 2 amide bonds. The van der Waals surface area contributed by atoms with E-state index in [1.807, 2.05) is 18.2 Å². The maximum Gasteiger partial charge on any atom is 0.319 e. The lowest BCUT2D eigenvalue weighted by Gasteiger charge is -2.14. The molecule has 0 saturated heterocycles. The fourth-order valence-corrected chi connectivity index (χ4v) is 2.38. The number of carbonyl (C=O) groups excluding carboxylic acids is 1. The second-order valence-corrected chi connectivity index (χ2v) is 5.40. The molecule has 0 fully saturated rings. The average Bonchev–Trinajstić information content (AvgIpc) is 2.55. The summed E-state index contributed by atoms with van der Waals surface area (Å²) in [6.07, 6.45) is 0. The summed E-state index contributed by atoms with van der Waals surface area (Å²) >= 11 is 12.1. The van der Waals surface area contributed by atoms with Crippen molar-refractivity contribution < 1.29 is 14.3 Å². The van der Waals surface area contributed by atoms with Crippen molar-refractivity contribution in [1.82, 2.24) is 5.32 Å². The van der Waals surface area contributed by atoms with Gasteiger partial charge in [-0.1, -0.05) is 41.4 Å². The quantitative estimate of drug-likeness (QED) is 0.839. The number of nitrogens with one attached hydrogen (secondary N) is 2.